The Morgan fingerprint density at radius 1 is 1.00 bits per heavy atom. The summed E-state index contributed by atoms with van der Waals surface area (Å²) in [5.41, 5.74) is 0. The molecule has 9 heavy (non-hydrogen) atoms. The zero-order chi connectivity index (χ0) is 5.11. The van der Waals surface area contributed by atoms with Gasteiger partial charge in [-0.15, -0.1) is 9.24 Å². The molecule has 1 atom stereocenters. The molecule has 0 N–H and O–H groups in total. The molecule has 0 bridgehead atoms. The second kappa shape index (κ2) is 9.01. The molecule has 0 fully saturated rings. The molecular formula is C6H9K2P. The second-order valence-electron chi connectivity index (χ2n) is 1.41. The number of benzene rings is 1. The van der Waals surface area contributed by atoms with E-state index < -0.39 is 0 Å². The minimum absolute atomic E-state index is 0. The Morgan fingerprint density at radius 3 is 1.67 bits per heavy atom. The van der Waals surface area contributed by atoms with Crippen LogP contribution in [0.15, 0.2) is 30.3 Å². The van der Waals surface area contributed by atoms with Crippen LogP contribution >= 0.6 is 9.24 Å². The maximum Gasteiger partial charge on any atom is 1.00 e. The predicted molar refractivity (Wildman–Crippen MR) is 38.0 cm³/mol. The topological polar surface area (TPSA) is 0 Å². The van der Waals surface area contributed by atoms with Gasteiger partial charge in [0.15, 0.2) is 0 Å². The maximum atomic E-state index is 2.63. The Labute approximate surface area is 147 Å². The SMILES string of the molecule is Pc1ccccc1.[H-].[H-].[K+].[K+]. The van der Waals surface area contributed by atoms with Gasteiger partial charge in [0.25, 0.3) is 0 Å². The molecule has 40 valence electrons. The first-order chi connectivity index (χ1) is 3.39. The Morgan fingerprint density at radius 2 is 1.44 bits per heavy atom. The zero-order valence-electron chi connectivity index (χ0n) is 7.96. The van der Waals surface area contributed by atoms with Crippen molar-refractivity contribution in [1.82, 2.24) is 0 Å². The van der Waals surface area contributed by atoms with E-state index in [1.807, 2.05) is 30.3 Å². The van der Waals surface area contributed by atoms with Crippen LogP contribution in [0.4, 0.5) is 0 Å². The summed E-state index contributed by atoms with van der Waals surface area (Å²) < 4.78 is 0. The molecule has 0 aliphatic rings. The van der Waals surface area contributed by atoms with Crippen LogP contribution in [-0.4, -0.2) is 0 Å². The van der Waals surface area contributed by atoms with Crippen LogP contribution in [0.5, 0.6) is 0 Å². The predicted octanol–water partition coefficient (Wildman–Crippen LogP) is -4.58. The molecule has 0 nitrogen and oxygen atoms in total. The monoisotopic (exact) mass is 190 g/mol. The fourth-order valence-electron chi connectivity index (χ4n) is 0.453. The van der Waals surface area contributed by atoms with Gasteiger partial charge in [-0.2, -0.15) is 0 Å². The molecule has 1 rings (SSSR count). The second-order valence-corrected chi connectivity index (χ2v) is 2.08. The summed E-state index contributed by atoms with van der Waals surface area (Å²) in [6.45, 7) is 0. The Bertz CT molecular complexity index is 149. The molecular weight excluding hydrogens is 181 g/mol. The average molecular weight is 190 g/mol. The van der Waals surface area contributed by atoms with Crippen LogP contribution in [0.25, 0.3) is 0 Å². The van der Waals surface area contributed by atoms with Crippen molar-refractivity contribution in [3.05, 3.63) is 30.3 Å². The summed E-state index contributed by atoms with van der Waals surface area (Å²) in [5.74, 6) is 0. The first-order valence-corrected chi connectivity index (χ1v) is 2.78. The van der Waals surface area contributed by atoms with E-state index in [-0.39, 0.29) is 106 Å². The van der Waals surface area contributed by atoms with Crippen molar-refractivity contribution in [2.24, 2.45) is 0 Å². The van der Waals surface area contributed by atoms with Crippen molar-refractivity contribution in [3.63, 3.8) is 0 Å². The van der Waals surface area contributed by atoms with Gasteiger partial charge in [-0.05, 0) is 5.30 Å². The largest absolute Gasteiger partial charge is 1.00 e. The van der Waals surface area contributed by atoms with Crippen LogP contribution in [-0.2, 0) is 0 Å². The minimum atomic E-state index is 0. The fourth-order valence-corrected chi connectivity index (χ4v) is 0.675. The fraction of sp³-hybridized carbons (Fsp3) is 0. The van der Waals surface area contributed by atoms with Crippen LogP contribution < -0.4 is 108 Å². The molecule has 1 aromatic rings. The molecule has 0 aliphatic carbocycles. The van der Waals surface area contributed by atoms with E-state index in [4.69, 9.17) is 0 Å². The first-order valence-electron chi connectivity index (χ1n) is 2.20. The quantitative estimate of drug-likeness (QED) is 0.285. The number of rotatable bonds is 0. The van der Waals surface area contributed by atoms with Gasteiger partial charge < -0.3 is 2.85 Å². The summed E-state index contributed by atoms with van der Waals surface area (Å²) in [6.07, 6.45) is 0. The van der Waals surface area contributed by atoms with E-state index in [1.54, 1.807) is 0 Å². The van der Waals surface area contributed by atoms with E-state index in [2.05, 4.69) is 9.24 Å². The third-order valence-corrected chi connectivity index (χ3v) is 1.18. The van der Waals surface area contributed by atoms with E-state index in [9.17, 15) is 0 Å². The van der Waals surface area contributed by atoms with Crippen LogP contribution in [0.2, 0.25) is 0 Å². The van der Waals surface area contributed by atoms with Gasteiger partial charge in [0.05, 0.1) is 0 Å². The van der Waals surface area contributed by atoms with Crippen LogP contribution in [0.1, 0.15) is 2.85 Å². The van der Waals surface area contributed by atoms with Crippen molar-refractivity contribution in [1.29, 1.82) is 0 Å². The van der Waals surface area contributed by atoms with E-state index in [1.165, 1.54) is 5.30 Å². The molecule has 0 amide bonds. The molecule has 0 aliphatic heterocycles. The first kappa shape index (κ1) is 14.4. The standard InChI is InChI=1S/C6H7P.2K.2H/c7-6-4-2-1-3-5-6;;;;/h1-5H,7H2;;;;/q;2*+1;2*-1. The molecule has 1 aromatic carbocycles. The van der Waals surface area contributed by atoms with Gasteiger partial charge >= 0.3 is 103 Å². The molecule has 1 unspecified atom stereocenters. The zero-order valence-corrected chi connectivity index (χ0v) is 13.4. The molecule has 0 spiro atoms. The summed E-state index contributed by atoms with van der Waals surface area (Å²) >= 11 is 0. The summed E-state index contributed by atoms with van der Waals surface area (Å²) in [7, 11) is 2.63. The van der Waals surface area contributed by atoms with Crippen molar-refractivity contribution >= 4 is 14.5 Å². The van der Waals surface area contributed by atoms with Crippen molar-refractivity contribution < 1.29 is 106 Å². The van der Waals surface area contributed by atoms with Gasteiger partial charge in [-0.1, -0.05) is 30.3 Å². The molecule has 3 heteroatoms. The molecule has 0 radical (unpaired) electrons. The number of hydrogen-bond acceptors (Lipinski definition) is 0. The third-order valence-electron chi connectivity index (χ3n) is 0.800. The summed E-state index contributed by atoms with van der Waals surface area (Å²) in [4.78, 5) is 0. The van der Waals surface area contributed by atoms with E-state index in [0.717, 1.165) is 0 Å². The van der Waals surface area contributed by atoms with Gasteiger partial charge in [-0.25, -0.2) is 0 Å². The van der Waals surface area contributed by atoms with Crippen LogP contribution in [0.3, 0.4) is 0 Å². The molecule has 0 saturated carbocycles. The van der Waals surface area contributed by atoms with Gasteiger partial charge in [0, 0.05) is 0 Å². The van der Waals surface area contributed by atoms with Gasteiger partial charge in [0.2, 0.25) is 0 Å². The normalized spacial score (nSPS) is 6.78. The summed E-state index contributed by atoms with van der Waals surface area (Å²) in [5, 5.41) is 1.24. The van der Waals surface area contributed by atoms with Crippen molar-refractivity contribution in [2.45, 2.75) is 0 Å². The molecule has 0 saturated heterocycles. The van der Waals surface area contributed by atoms with Gasteiger partial charge in [0.1, 0.15) is 0 Å². The van der Waals surface area contributed by atoms with Crippen molar-refractivity contribution in [2.75, 3.05) is 0 Å². The van der Waals surface area contributed by atoms with E-state index >= 15 is 0 Å². The molecule has 0 heterocycles. The van der Waals surface area contributed by atoms with E-state index in [0.29, 0.717) is 0 Å². The summed E-state index contributed by atoms with van der Waals surface area (Å²) in [6, 6.07) is 10.1. The minimum Gasteiger partial charge on any atom is -1.00 e. The smallest absolute Gasteiger partial charge is 1.00 e. The maximum absolute atomic E-state index is 2.63. The average Bonchev–Trinajstić information content (AvgIpc) is 1.69. The molecule has 0 aromatic heterocycles. The van der Waals surface area contributed by atoms with Crippen molar-refractivity contribution in [3.8, 4) is 0 Å². The van der Waals surface area contributed by atoms with Gasteiger partial charge in [-0.3, -0.25) is 0 Å². The third kappa shape index (κ3) is 7.29. The Balaban J connectivity index is -0.0000000612. The Hall–Kier alpha value is 2.92. The number of hydrogen-bond donors (Lipinski definition) is 0. The van der Waals surface area contributed by atoms with Crippen LogP contribution in [0, 0.1) is 0 Å². The Kier molecular flexibility index (Phi) is 14.5.